The van der Waals surface area contributed by atoms with Crippen LogP contribution in [0.15, 0.2) is 36.4 Å². The Kier molecular flexibility index (Phi) is 29.6. The molecule has 3 amide bonds. The maximum Gasteiger partial charge on any atom is 0.492 e. The number of hydrogen-bond acceptors (Lipinski definition) is 18. The summed E-state index contributed by atoms with van der Waals surface area (Å²) >= 11 is 3.20. The van der Waals surface area contributed by atoms with E-state index in [0.29, 0.717) is 88.1 Å². The van der Waals surface area contributed by atoms with Crippen molar-refractivity contribution in [3.63, 3.8) is 0 Å². The summed E-state index contributed by atoms with van der Waals surface area (Å²) in [5.74, 6) is -3.63. The summed E-state index contributed by atoms with van der Waals surface area (Å²) in [7, 11) is -3.08. The number of nitrogens with one attached hydrogen (secondary N) is 4. The molecule has 22 nitrogen and oxygen atoms in total. The molecule has 2 saturated heterocycles. The summed E-state index contributed by atoms with van der Waals surface area (Å²) in [6, 6.07) is 7.85. The summed E-state index contributed by atoms with van der Waals surface area (Å²) < 4.78 is 36.7. The Labute approximate surface area is 502 Å². The van der Waals surface area contributed by atoms with Crippen molar-refractivity contribution in [3.8, 4) is 0 Å². The zero-order valence-electron chi connectivity index (χ0n) is 49.0. The molecule has 0 radical (unpaired) electrons. The van der Waals surface area contributed by atoms with E-state index in [4.69, 9.17) is 38.0 Å². The molecule has 8 N–H and O–H groups in total. The number of carbonyl (C=O) groups excluding carboxylic acids is 5. The second-order valence-corrected chi connectivity index (χ2v) is 22.2. The summed E-state index contributed by atoms with van der Waals surface area (Å²) in [6.07, 6.45) is 2.14. The van der Waals surface area contributed by atoms with Gasteiger partial charge in [-0.05, 0) is 126 Å². The number of ether oxygens (including phenoxy) is 4. The van der Waals surface area contributed by atoms with Crippen LogP contribution in [0.25, 0.3) is 0 Å². The van der Waals surface area contributed by atoms with E-state index in [9.17, 15) is 43.8 Å². The highest BCUT2D eigenvalue weighted by Crippen LogP contribution is 2.20. The number of esters is 2. The fourth-order valence-electron chi connectivity index (χ4n) is 9.71. The quantitative estimate of drug-likeness (QED) is 0.0541. The van der Waals surface area contributed by atoms with Crippen LogP contribution in [-0.2, 0) is 67.1 Å². The summed E-state index contributed by atoms with van der Waals surface area (Å²) in [4.78, 5) is 75.9. The first kappa shape index (κ1) is 70.5. The van der Waals surface area contributed by atoms with Crippen molar-refractivity contribution in [1.29, 1.82) is 0 Å². The fraction of sp³-hybridized carbons (Fsp3) is 0.571. The number of alkyl halides is 1. The van der Waals surface area contributed by atoms with Gasteiger partial charge in [-0.1, -0.05) is 75.7 Å². The van der Waals surface area contributed by atoms with Gasteiger partial charge in [0, 0.05) is 61.4 Å². The normalized spacial score (nSPS) is 16.6. The summed E-state index contributed by atoms with van der Waals surface area (Å²) in [5.41, 5.74) is 7.56. The molecule has 0 spiro atoms. The van der Waals surface area contributed by atoms with E-state index in [-0.39, 0.29) is 55.2 Å². The van der Waals surface area contributed by atoms with Crippen LogP contribution in [0.3, 0.4) is 0 Å². The number of carboxylic acids is 1. The number of nitrogens with zero attached hydrogens (tertiary/aromatic N) is 1. The molecule has 5 aliphatic heterocycles. The average Bonchev–Trinajstić information content (AvgIpc) is 3.34. The molecule has 0 aliphatic carbocycles. The molecule has 0 unspecified atom stereocenters. The lowest BCUT2D eigenvalue weighted by molar-refractivity contribution is -0.148. The van der Waals surface area contributed by atoms with Gasteiger partial charge in [0.2, 0.25) is 0 Å². The molecule has 3 aromatic rings. The van der Waals surface area contributed by atoms with Gasteiger partial charge in [0.05, 0.1) is 33.0 Å². The molecule has 0 aromatic heterocycles. The Balaban J connectivity index is 0.000000254. The fourth-order valence-corrected chi connectivity index (χ4v) is 9.87. The summed E-state index contributed by atoms with van der Waals surface area (Å²) in [5, 5.41) is 50.6. The first-order valence-electron chi connectivity index (χ1n) is 28.0. The van der Waals surface area contributed by atoms with E-state index in [1.165, 1.54) is 6.42 Å². The van der Waals surface area contributed by atoms with E-state index in [1.807, 2.05) is 27.7 Å². The molecule has 5 aliphatic rings. The molecule has 2 fully saturated rings. The third kappa shape index (κ3) is 20.1. The highest BCUT2D eigenvalue weighted by Gasteiger charge is 2.36. The molecule has 5 heterocycles. The van der Waals surface area contributed by atoms with Gasteiger partial charge in [-0.3, -0.25) is 19.3 Å². The third-order valence-corrected chi connectivity index (χ3v) is 14.8. The second kappa shape index (κ2) is 34.9. The van der Waals surface area contributed by atoms with Crippen molar-refractivity contribution in [2.45, 2.75) is 113 Å². The zero-order chi connectivity index (χ0) is 60.2. The molecule has 83 heavy (non-hydrogen) atoms. The van der Waals surface area contributed by atoms with E-state index in [1.54, 1.807) is 71.0 Å². The van der Waals surface area contributed by atoms with Crippen LogP contribution in [0.2, 0.25) is 0 Å². The van der Waals surface area contributed by atoms with Crippen LogP contribution in [0.1, 0.15) is 119 Å². The van der Waals surface area contributed by atoms with Gasteiger partial charge in [-0.15, -0.1) is 12.4 Å². The van der Waals surface area contributed by atoms with E-state index in [0.717, 1.165) is 69.1 Å². The first-order valence-corrected chi connectivity index (χ1v) is 29.1. The minimum absolute atomic E-state index is 0. The van der Waals surface area contributed by atoms with Crippen LogP contribution in [0.5, 0.6) is 0 Å². The molecule has 3 atom stereocenters. The standard InChI is InChI=1S/C21H31BN2O6.C16H21BBrNO5.C14H18BNO5.C5H11NO.ClH/c1-14(2)19(21(26)29-12-9-24-7-4-10-28-11-8-24)23-20(25)17-6-5-16-13-30-22(27)18(16)15(17)3;1-9(2)14(16(21)23-7-6-18)19-15(20)12-5-4-11-8-24-17(22)13(11)10(12)3;1-7(2)12(14(18)19)16-13(17)10-5-4-9-6-21-15(20)11(9)8(10)3;1-2-6-3-5-7-4-1;/h5-6,14,19,27H,4,7-13H2,1-3H3,(H,23,25);4-5,9,14,22H,6-8H2,1-3H3,(H,19,20);4-5,7,12,20H,6H2,1-3H3,(H,16,17)(H,18,19);6H,1-5H2;1H/t19-;14-;12-;;/m000../s1. The lowest BCUT2D eigenvalue weighted by Crippen LogP contribution is -2.46. The van der Waals surface area contributed by atoms with Crippen molar-refractivity contribution >= 4 is 102 Å². The SMILES string of the molecule is C1CNCCOC1.Cc1c(C(=O)N[C@H](C(=O)O)C(C)C)ccc2c1B(O)OC2.Cc1c(C(=O)N[C@H](C(=O)OCCBr)C(C)C)ccc2c1B(O)OC2.Cc1c(C(=O)N[C@H](C(=O)OCCN2CCCOCC2)C(C)C)ccc2c1B(O)OC2.Cl. The molecule has 456 valence electrons. The van der Waals surface area contributed by atoms with Gasteiger partial charge in [-0.25, -0.2) is 14.4 Å². The molecule has 0 bridgehead atoms. The minimum Gasteiger partial charge on any atom is -0.480 e. The third-order valence-electron chi connectivity index (χ3n) is 14.5. The molecule has 8 rings (SSSR count). The number of carboxylic acid groups (broad SMARTS) is 1. The Hall–Kier alpha value is -4.96. The Bertz CT molecular complexity index is 2650. The van der Waals surface area contributed by atoms with E-state index >= 15 is 0 Å². The number of amides is 3. The minimum atomic E-state index is -1.07. The van der Waals surface area contributed by atoms with Gasteiger partial charge >= 0.3 is 39.3 Å². The molecule has 27 heteroatoms. The van der Waals surface area contributed by atoms with Crippen molar-refractivity contribution in [2.75, 3.05) is 77.7 Å². The van der Waals surface area contributed by atoms with Gasteiger partial charge in [0.25, 0.3) is 17.7 Å². The Morgan fingerprint density at radius 3 is 1.39 bits per heavy atom. The molecule has 0 saturated carbocycles. The number of fused-ring (bicyclic) bond motifs is 3. The smallest absolute Gasteiger partial charge is 0.480 e. The van der Waals surface area contributed by atoms with E-state index in [2.05, 4.69) is 42.1 Å². The van der Waals surface area contributed by atoms with Gasteiger partial charge in [0.1, 0.15) is 31.3 Å². The maximum atomic E-state index is 12.9. The average molecular weight is 1250 g/mol. The van der Waals surface area contributed by atoms with Crippen molar-refractivity contribution in [3.05, 3.63) is 86.5 Å². The molecule has 3 aromatic carbocycles. The van der Waals surface area contributed by atoms with Crippen LogP contribution in [0, 0.1) is 38.5 Å². The number of benzene rings is 3. The van der Waals surface area contributed by atoms with E-state index < -0.39 is 63.3 Å². The van der Waals surface area contributed by atoms with Gasteiger partial charge in [-0.2, -0.15) is 0 Å². The highest BCUT2D eigenvalue weighted by molar-refractivity contribution is 9.09. The topological polar surface area (TPSA) is 299 Å². The predicted octanol–water partition coefficient (Wildman–Crippen LogP) is 1.61. The lowest BCUT2D eigenvalue weighted by Gasteiger charge is -2.23. The highest BCUT2D eigenvalue weighted by atomic mass is 79.9. The summed E-state index contributed by atoms with van der Waals surface area (Å²) in [6.45, 7) is 25.5. The molecular formula is C56H82B3BrClN5O17. The Morgan fingerprint density at radius 2 is 0.976 bits per heavy atom. The van der Waals surface area contributed by atoms with Crippen molar-refractivity contribution in [2.24, 2.45) is 17.8 Å². The number of aliphatic carboxylic acids is 1. The van der Waals surface area contributed by atoms with Crippen LogP contribution in [-0.4, -0.2) is 178 Å². The lowest BCUT2D eigenvalue weighted by atomic mass is 9.75. The zero-order valence-corrected chi connectivity index (χ0v) is 51.4. The number of hydrogen-bond donors (Lipinski definition) is 8. The molecular weight excluding hydrogens is 1160 g/mol. The first-order chi connectivity index (χ1) is 39.1. The largest absolute Gasteiger partial charge is 0.492 e. The van der Waals surface area contributed by atoms with Gasteiger partial charge in [0.15, 0.2) is 0 Å². The van der Waals surface area contributed by atoms with Crippen molar-refractivity contribution < 1.29 is 81.9 Å². The van der Waals surface area contributed by atoms with Crippen LogP contribution < -0.4 is 37.7 Å². The van der Waals surface area contributed by atoms with Gasteiger partial charge < -0.3 is 74.4 Å². The number of carbonyl (C=O) groups is 6. The van der Waals surface area contributed by atoms with Crippen LogP contribution >= 0.6 is 28.3 Å². The second-order valence-electron chi connectivity index (χ2n) is 21.4. The maximum absolute atomic E-state index is 12.9. The van der Waals surface area contributed by atoms with Crippen LogP contribution in [0.4, 0.5) is 0 Å². The monoisotopic (exact) mass is 1240 g/mol. The number of rotatable bonds is 17. The number of halogens is 2. The predicted molar refractivity (Wildman–Crippen MR) is 320 cm³/mol. The van der Waals surface area contributed by atoms with Crippen molar-refractivity contribution in [1.82, 2.24) is 26.2 Å². The Morgan fingerprint density at radius 1 is 0.578 bits per heavy atom.